The summed E-state index contributed by atoms with van der Waals surface area (Å²) in [5.74, 6) is 3.12. The van der Waals surface area contributed by atoms with Crippen molar-refractivity contribution in [1.29, 1.82) is 0 Å². The molecule has 19 heavy (non-hydrogen) atoms. The Balaban J connectivity index is 0.000000711. The van der Waals surface area contributed by atoms with Gasteiger partial charge in [0.05, 0.1) is 0 Å². The van der Waals surface area contributed by atoms with Crippen LogP contribution in [-0.4, -0.2) is 7.05 Å². The molecule has 0 amide bonds. The Hall–Kier alpha value is -1.68. The number of rotatable bonds is 6. The van der Waals surface area contributed by atoms with Gasteiger partial charge in [-0.25, -0.2) is 0 Å². The van der Waals surface area contributed by atoms with Crippen LogP contribution < -0.4 is 5.32 Å². The summed E-state index contributed by atoms with van der Waals surface area (Å²) in [5, 5.41) is 2.69. The molecule has 0 aromatic carbocycles. The fourth-order valence-electron chi connectivity index (χ4n) is 1.68. The lowest BCUT2D eigenvalue weighted by molar-refractivity contribution is 0.813. The average molecular weight is 257 g/mol. The minimum atomic E-state index is 0.269. The second-order valence-corrected chi connectivity index (χ2v) is 4.45. The van der Waals surface area contributed by atoms with E-state index < -0.39 is 0 Å². The van der Waals surface area contributed by atoms with Crippen LogP contribution >= 0.6 is 0 Å². The van der Waals surface area contributed by atoms with Gasteiger partial charge in [0.1, 0.15) is 0 Å². The van der Waals surface area contributed by atoms with Gasteiger partial charge >= 0.3 is 0 Å². The third-order valence-corrected chi connectivity index (χ3v) is 2.77. The minimum absolute atomic E-state index is 0.269. The van der Waals surface area contributed by atoms with E-state index in [0.29, 0.717) is 0 Å². The Labute approximate surface area is 119 Å². The number of hydrogen-bond acceptors (Lipinski definition) is 1. The van der Waals surface area contributed by atoms with Gasteiger partial charge in [-0.2, -0.15) is 0 Å². The Morgan fingerprint density at radius 2 is 2.26 bits per heavy atom. The molecule has 0 saturated heterocycles. The molecule has 0 aromatic rings. The molecule has 0 fully saturated rings. The molecule has 1 atom stereocenters. The maximum atomic E-state index is 5.52. The Kier molecular flexibility index (Phi) is 11.6. The van der Waals surface area contributed by atoms with Gasteiger partial charge < -0.3 is 5.32 Å². The van der Waals surface area contributed by atoms with Crippen LogP contribution in [0.25, 0.3) is 0 Å². The van der Waals surface area contributed by atoms with Crippen molar-refractivity contribution in [2.45, 2.75) is 39.0 Å². The fourth-order valence-corrected chi connectivity index (χ4v) is 1.68. The van der Waals surface area contributed by atoms with Crippen molar-refractivity contribution in [2.75, 3.05) is 7.05 Å². The van der Waals surface area contributed by atoms with Gasteiger partial charge in [0.2, 0.25) is 0 Å². The SMILES string of the molecule is C#CC(/C=C/CCC)CC1=CCCC=C1.C=CNC. The van der Waals surface area contributed by atoms with E-state index in [1.165, 1.54) is 24.8 Å². The second-order valence-electron chi connectivity index (χ2n) is 4.45. The van der Waals surface area contributed by atoms with Crippen molar-refractivity contribution in [1.82, 2.24) is 5.32 Å². The lowest BCUT2D eigenvalue weighted by Gasteiger charge is -2.09. The number of terminal acetylenes is 1. The van der Waals surface area contributed by atoms with Crippen molar-refractivity contribution in [3.8, 4) is 12.3 Å². The smallest absolute Gasteiger partial charge is 0.0420 e. The standard InChI is InChI=1S/C15H20.C3H7N/c1-3-5-7-10-14(4-2)13-15-11-8-6-9-12-15;1-3-4-2/h2,7-8,10-12,14H,3,5-6,9,13H2,1H3;3-4H,1H2,2H3/b10-7+;. The monoisotopic (exact) mass is 257 g/mol. The molecule has 0 aromatic heterocycles. The van der Waals surface area contributed by atoms with E-state index in [0.717, 1.165) is 12.8 Å². The van der Waals surface area contributed by atoms with Gasteiger partial charge in [-0.15, -0.1) is 6.42 Å². The zero-order chi connectivity index (χ0) is 14.3. The fraction of sp³-hybridized carbons (Fsp3) is 0.444. The van der Waals surface area contributed by atoms with Gasteiger partial charge in [0.15, 0.2) is 0 Å². The number of unbranched alkanes of at least 4 members (excludes halogenated alkanes) is 1. The van der Waals surface area contributed by atoms with Gasteiger partial charge in [-0.05, 0) is 31.9 Å². The van der Waals surface area contributed by atoms with Crippen LogP contribution in [0.15, 0.2) is 48.7 Å². The summed E-state index contributed by atoms with van der Waals surface area (Å²) < 4.78 is 0. The highest BCUT2D eigenvalue weighted by Gasteiger charge is 2.04. The molecule has 1 nitrogen and oxygen atoms in total. The summed E-state index contributed by atoms with van der Waals surface area (Å²) in [6.45, 7) is 5.55. The summed E-state index contributed by atoms with van der Waals surface area (Å²) >= 11 is 0. The largest absolute Gasteiger partial charge is 0.394 e. The highest BCUT2D eigenvalue weighted by molar-refractivity contribution is 5.25. The van der Waals surface area contributed by atoms with E-state index in [-0.39, 0.29) is 5.92 Å². The number of allylic oxidation sites excluding steroid dienone is 6. The zero-order valence-corrected chi connectivity index (χ0v) is 12.4. The molecule has 0 heterocycles. The van der Waals surface area contributed by atoms with E-state index in [9.17, 15) is 0 Å². The van der Waals surface area contributed by atoms with Crippen molar-refractivity contribution >= 4 is 0 Å². The first-order chi connectivity index (χ1) is 9.28. The first kappa shape index (κ1) is 17.3. The van der Waals surface area contributed by atoms with Gasteiger partial charge in [0, 0.05) is 13.0 Å². The van der Waals surface area contributed by atoms with Crippen LogP contribution in [0.1, 0.15) is 39.0 Å². The van der Waals surface area contributed by atoms with Crippen LogP contribution in [0.4, 0.5) is 0 Å². The van der Waals surface area contributed by atoms with Crippen LogP contribution in [0.3, 0.4) is 0 Å². The molecule has 1 N–H and O–H groups in total. The Morgan fingerprint density at radius 1 is 1.53 bits per heavy atom. The normalized spacial score (nSPS) is 14.9. The summed E-state index contributed by atoms with van der Waals surface area (Å²) in [6, 6.07) is 0. The van der Waals surface area contributed by atoms with E-state index >= 15 is 0 Å². The lowest BCUT2D eigenvalue weighted by atomic mass is 9.95. The molecule has 1 aliphatic rings. The summed E-state index contributed by atoms with van der Waals surface area (Å²) in [5.41, 5.74) is 1.39. The molecule has 104 valence electrons. The maximum Gasteiger partial charge on any atom is 0.0420 e. The quantitative estimate of drug-likeness (QED) is 0.541. The van der Waals surface area contributed by atoms with E-state index in [1.807, 2.05) is 7.05 Å². The third kappa shape index (κ3) is 9.97. The van der Waals surface area contributed by atoms with Crippen molar-refractivity contribution in [3.63, 3.8) is 0 Å². The highest BCUT2D eigenvalue weighted by Crippen LogP contribution is 2.18. The lowest BCUT2D eigenvalue weighted by Crippen LogP contribution is -1.96. The average Bonchev–Trinajstić information content (AvgIpc) is 2.47. The second kappa shape index (κ2) is 12.8. The summed E-state index contributed by atoms with van der Waals surface area (Å²) in [7, 11) is 1.81. The number of nitrogens with one attached hydrogen (secondary N) is 1. The first-order valence-corrected chi connectivity index (χ1v) is 7.05. The molecule has 1 unspecified atom stereocenters. The van der Waals surface area contributed by atoms with Crippen molar-refractivity contribution < 1.29 is 0 Å². The molecule has 0 spiro atoms. The third-order valence-electron chi connectivity index (χ3n) is 2.77. The molecular weight excluding hydrogens is 230 g/mol. The molecule has 0 radical (unpaired) electrons. The topological polar surface area (TPSA) is 12.0 Å². The van der Waals surface area contributed by atoms with Gasteiger partial charge in [-0.3, -0.25) is 0 Å². The predicted octanol–water partition coefficient (Wildman–Crippen LogP) is 4.61. The summed E-state index contributed by atoms with van der Waals surface area (Å²) in [4.78, 5) is 0. The van der Waals surface area contributed by atoms with Crippen LogP contribution in [0, 0.1) is 18.3 Å². The molecular formula is C18H27N. The predicted molar refractivity (Wildman–Crippen MR) is 86.7 cm³/mol. The first-order valence-electron chi connectivity index (χ1n) is 7.05. The molecule has 0 saturated carbocycles. The molecule has 1 heteroatoms. The van der Waals surface area contributed by atoms with Crippen LogP contribution in [-0.2, 0) is 0 Å². The van der Waals surface area contributed by atoms with Crippen LogP contribution in [0.2, 0.25) is 0 Å². The maximum absolute atomic E-state index is 5.52. The van der Waals surface area contributed by atoms with E-state index in [4.69, 9.17) is 6.42 Å². The van der Waals surface area contributed by atoms with E-state index in [2.05, 4.69) is 55.1 Å². The Bertz CT molecular complexity index is 352. The van der Waals surface area contributed by atoms with Gasteiger partial charge in [-0.1, -0.05) is 61.8 Å². The highest BCUT2D eigenvalue weighted by atomic mass is 14.8. The van der Waals surface area contributed by atoms with Crippen LogP contribution in [0.5, 0.6) is 0 Å². The molecule has 1 rings (SSSR count). The zero-order valence-electron chi connectivity index (χ0n) is 12.4. The number of hydrogen-bond donors (Lipinski definition) is 1. The minimum Gasteiger partial charge on any atom is -0.394 e. The van der Waals surface area contributed by atoms with Crippen molar-refractivity contribution in [2.24, 2.45) is 5.92 Å². The van der Waals surface area contributed by atoms with E-state index in [1.54, 1.807) is 6.20 Å². The molecule has 0 bridgehead atoms. The Morgan fingerprint density at radius 3 is 2.74 bits per heavy atom. The van der Waals surface area contributed by atoms with Gasteiger partial charge in [0.25, 0.3) is 0 Å². The van der Waals surface area contributed by atoms with Crippen molar-refractivity contribution in [3.05, 3.63) is 48.7 Å². The molecule has 0 aliphatic heterocycles. The molecule has 1 aliphatic carbocycles. The summed E-state index contributed by atoms with van der Waals surface area (Å²) in [6.07, 6.45) is 23.9.